The number of carbonyl (C=O) groups is 1. The summed E-state index contributed by atoms with van der Waals surface area (Å²) in [5, 5.41) is 2.97. The Kier molecular flexibility index (Phi) is 5.23. The van der Waals surface area contributed by atoms with Crippen molar-refractivity contribution in [3.05, 3.63) is 24.3 Å². The van der Waals surface area contributed by atoms with Crippen LogP contribution in [-0.2, 0) is 4.79 Å². The number of rotatable bonds is 7. The number of nitrogen functional groups attached to an aromatic ring is 1. The van der Waals surface area contributed by atoms with Gasteiger partial charge in [-0.05, 0) is 56.8 Å². The molecule has 1 aromatic rings. The number of amides is 1. The van der Waals surface area contributed by atoms with Crippen LogP contribution < -0.4 is 11.1 Å². The summed E-state index contributed by atoms with van der Waals surface area (Å²) >= 11 is 0. The molecule has 1 aromatic carbocycles. The summed E-state index contributed by atoms with van der Waals surface area (Å²) in [6.45, 7) is 7.44. The molecule has 2 rings (SSSR count). The summed E-state index contributed by atoms with van der Waals surface area (Å²) in [4.78, 5) is 14.8. The van der Waals surface area contributed by atoms with Crippen LogP contribution in [0.4, 0.5) is 11.4 Å². The van der Waals surface area contributed by atoms with Crippen LogP contribution in [0.15, 0.2) is 24.3 Å². The monoisotopic (exact) mass is 289 g/mol. The second kappa shape index (κ2) is 6.94. The summed E-state index contributed by atoms with van der Waals surface area (Å²) in [5.41, 5.74) is 7.18. The minimum absolute atomic E-state index is 0.0521. The number of hydrogen-bond acceptors (Lipinski definition) is 3. The molecule has 0 heterocycles. The molecule has 0 saturated heterocycles. The third-order valence-electron chi connectivity index (χ3n) is 4.01. The highest BCUT2D eigenvalue weighted by molar-refractivity contribution is 5.94. The van der Waals surface area contributed by atoms with Gasteiger partial charge in [-0.15, -0.1) is 0 Å². The van der Waals surface area contributed by atoms with Crippen molar-refractivity contribution >= 4 is 17.3 Å². The van der Waals surface area contributed by atoms with Crippen LogP contribution in [0.1, 0.15) is 40.0 Å². The molecule has 1 unspecified atom stereocenters. The van der Waals surface area contributed by atoms with E-state index in [2.05, 4.69) is 24.1 Å². The van der Waals surface area contributed by atoms with Crippen LogP contribution in [0.2, 0.25) is 0 Å². The summed E-state index contributed by atoms with van der Waals surface area (Å²) in [6.07, 6.45) is 3.56. The predicted molar refractivity (Wildman–Crippen MR) is 88.1 cm³/mol. The van der Waals surface area contributed by atoms with E-state index in [1.807, 2.05) is 25.1 Å². The first-order valence-corrected chi connectivity index (χ1v) is 7.89. The third kappa shape index (κ3) is 4.74. The molecule has 0 radical (unpaired) electrons. The molecule has 1 fully saturated rings. The lowest BCUT2D eigenvalue weighted by Crippen LogP contribution is -2.44. The molecule has 21 heavy (non-hydrogen) atoms. The molecular weight excluding hydrogens is 262 g/mol. The molecule has 1 aliphatic rings. The van der Waals surface area contributed by atoms with Gasteiger partial charge in [-0.2, -0.15) is 0 Å². The van der Waals surface area contributed by atoms with Gasteiger partial charge in [0.2, 0.25) is 5.91 Å². The van der Waals surface area contributed by atoms with Crippen molar-refractivity contribution in [2.24, 2.45) is 5.92 Å². The van der Waals surface area contributed by atoms with Crippen LogP contribution >= 0.6 is 0 Å². The molecule has 0 aromatic heterocycles. The highest BCUT2D eigenvalue weighted by atomic mass is 16.2. The summed E-state index contributed by atoms with van der Waals surface area (Å²) in [5.74, 6) is 0.715. The average Bonchev–Trinajstić information content (AvgIpc) is 3.23. The van der Waals surface area contributed by atoms with Gasteiger partial charge >= 0.3 is 0 Å². The van der Waals surface area contributed by atoms with E-state index in [4.69, 9.17) is 5.73 Å². The molecule has 1 amide bonds. The second-order valence-electron chi connectivity index (χ2n) is 6.44. The average molecular weight is 289 g/mol. The van der Waals surface area contributed by atoms with Crippen LogP contribution in [0.25, 0.3) is 0 Å². The molecule has 3 N–H and O–H groups in total. The zero-order chi connectivity index (χ0) is 15.4. The highest BCUT2D eigenvalue weighted by Gasteiger charge is 2.34. The van der Waals surface area contributed by atoms with Gasteiger partial charge in [-0.25, -0.2) is 0 Å². The Labute approximate surface area is 127 Å². The van der Waals surface area contributed by atoms with Crippen molar-refractivity contribution in [1.82, 2.24) is 4.90 Å². The van der Waals surface area contributed by atoms with Crippen LogP contribution in [0.3, 0.4) is 0 Å². The first kappa shape index (κ1) is 15.8. The number of nitrogens with two attached hydrogens (primary N) is 1. The van der Waals surface area contributed by atoms with E-state index in [-0.39, 0.29) is 11.9 Å². The Morgan fingerprint density at radius 1 is 1.38 bits per heavy atom. The molecule has 116 valence electrons. The van der Waals surface area contributed by atoms with E-state index in [0.29, 0.717) is 17.6 Å². The zero-order valence-corrected chi connectivity index (χ0v) is 13.3. The Hall–Kier alpha value is -1.55. The summed E-state index contributed by atoms with van der Waals surface area (Å²) in [6, 6.07) is 7.82. The quantitative estimate of drug-likeness (QED) is 0.758. The van der Waals surface area contributed by atoms with Crippen LogP contribution in [-0.4, -0.2) is 29.4 Å². The Balaban J connectivity index is 1.95. The lowest BCUT2D eigenvalue weighted by molar-refractivity contribution is -0.121. The van der Waals surface area contributed by atoms with Gasteiger partial charge in [0.25, 0.3) is 0 Å². The Morgan fingerprint density at radius 2 is 2.10 bits per heavy atom. The maximum Gasteiger partial charge on any atom is 0.241 e. The number of benzene rings is 1. The molecule has 1 atom stereocenters. The third-order valence-corrected chi connectivity index (χ3v) is 4.01. The molecule has 1 saturated carbocycles. The van der Waals surface area contributed by atoms with Crippen LogP contribution in [0.5, 0.6) is 0 Å². The van der Waals surface area contributed by atoms with Gasteiger partial charge in [-0.3, -0.25) is 9.69 Å². The van der Waals surface area contributed by atoms with Gasteiger partial charge in [0.15, 0.2) is 0 Å². The van der Waals surface area contributed by atoms with Crippen LogP contribution in [0, 0.1) is 5.92 Å². The van der Waals surface area contributed by atoms with Crippen molar-refractivity contribution in [2.75, 3.05) is 17.6 Å². The van der Waals surface area contributed by atoms with E-state index in [0.717, 1.165) is 18.7 Å². The molecule has 1 aliphatic carbocycles. The lowest BCUT2D eigenvalue weighted by Gasteiger charge is -2.29. The SMILES string of the molecule is CC(C)CCN(C1CC1)C(C)C(=O)Nc1cccc(N)c1. The normalized spacial score (nSPS) is 16.2. The minimum Gasteiger partial charge on any atom is -0.399 e. The lowest BCUT2D eigenvalue weighted by atomic mass is 10.1. The fraction of sp³-hybridized carbons (Fsp3) is 0.588. The second-order valence-corrected chi connectivity index (χ2v) is 6.44. The van der Waals surface area contributed by atoms with E-state index in [9.17, 15) is 4.79 Å². The maximum absolute atomic E-state index is 12.4. The van der Waals surface area contributed by atoms with Crippen molar-refractivity contribution in [3.8, 4) is 0 Å². The van der Waals surface area contributed by atoms with Crippen molar-refractivity contribution in [2.45, 2.75) is 52.1 Å². The fourth-order valence-corrected chi connectivity index (χ4v) is 2.52. The maximum atomic E-state index is 12.4. The van der Waals surface area contributed by atoms with Crippen molar-refractivity contribution in [1.29, 1.82) is 0 Å². The van der Waals surface area contributed by atoms with Gasteiger partial charge in [0, 0.05) is 17.4 Å². The molecule has 0 aliphatic heterocycles. The van der Waals surface area contributed by atoms with Gasteiger partial charge < -0.3 is 11.1 Å². The first-order valence-electron chi connectivity index (χ1n) is 7.89. The molecule has 4 nitrogen and oxygen atoms in total. The minimum atomic E-state index is -0.0994. The van der Waals surface area contributed by atoms with E-state index >= 15 is 0 Å². The zero-order valence-electron chi connectivity index (χ0n) is 13.3. The number of anilines is 2. The fourth-order valence-electron chi connectivity index (χ4n) is 2.52. The van der Waals surface area contributed by atoms with Gasteiger partial charge in [-0.1, -0.05) is 19.9 Å². The molecule has 0 spiro atoms. The van der Waals surface area contributed by atoms with Gasteiger partial charge in [0.1, 0.15) is 0 Å². The standard InChI is InChI=1S/C17H27N3O/c1-12(2)9-10-20(16-7-8-16)13(3)17(21)19-15-6-4-5-14(18)11-15/h4-6,11-13,16H,7-10,18H2,1-3H3,(H,19,21). The smallest absolute Gasteiger partial charge is 0.241 e. The number of carbonyl (C=O) groups excluding carboxylic acids is 1. The van der Waals surface area contributed by atoms with Crippen molar-refractivity contribution < 1.29 is 4.79 Å². The number of nitrogens with zero attached hydrogens (tertiary/aromatic N) is 1. The van der Waals surface area contributed by atoms with E-state index in [1.54, 1.807) is 6.07 Å². The van der Waals surface area contributed by atoms with Crippen molar-refractivity contribution in [3.63, 3.8) is 0 Å². The topological polar surface area (TPSA) is 58.4 Å². The number of nitrogens with one attached hydrogen (secondary N) is 1. The van der Waals surface area contributed by atoms with E-state index < -0.39 is 0 Å². The largest absolute Gasteiger partial charge is 0.399 e. The Morgan fingerprint density at radius 3 is 2.67 bits per heavy atom. The molecule has 4 heteroatoms. The summed E-state index contributed by atoms with van der Waals surface area (Å²) < 4.78 is 0. The van der Waals surface area contributed by atoms with Gasteiger partial charge in [0.05, 0.1) is 6.04 Å². The predicted octanol–water partition coefficient (Wildman–Crippen LogP) is 3.11. The first-order chi connectivity index (χ1) is 9.97. The summed E-state index contributed by atoms with van der Waals surface area (Å²) in [7, 11) is 0. The number of hydrogen-bond donors (Lipinski definition) is 2. The molecule has 0 bridgehead atoms. The van der Waals surface area contributed by atoms with E-state index in [1.165, 1.54) is 12.8 Å². The highest BCUT2D eigenvalue weighted by Crippen LogP contribution is 2.29. The Bertz CT molecular complexity index is 483. The molecular formula is C17H27N3O.